The normalized spacial score (nSPS) is 11.4. The first kappa shape index (κ1) is 11.6. The summed E-state index contributed by atoms with van der Waals surface area (Å²) in [6.45, 7) is 4.75. The Hall–Kier alpha value is -1.43. The summed E-state index contributed by atoms with van der Waals surface area (Å²) in [4.78, 5) is 11.4. The molecule has 0 aliphatic heterocycles. The van der Waals surface area contributed by atoms with Crippen molar-refractivity contribution in [1.82, 2.24) is 20.3 Å². The minimum absolute atomic E-state index is 0.0241. The zero-order valence-corrected chi connectivity index (χ0v) is 9.10. The molecule has 6 nitrogen and oxygen atoms in total. The van der Waals surface area contributed by atoms with Crippen LogP contribution in [0.3, 0.4) is 0 Å². The van der Waals surface area contributed by atoms with E-state index in [1.807, 2.05) is 13.8 Å². The Morgan fingerprint density at radius 1 is 1.60 bits per heavy atom. The Morgan fingerprint density at radius 3 is 2.87 bits per heavy atom. The molecule has 0 radical (unpaired) electrons. The van der Waals surface area contributed by atoms with Gasteiger partial charge < -0.3 is 11.1 Å². The van der Waals surface area contributed by atoms with Gasteiger partial charge in [-0.3, -0.25) is 9.48 Å². The van der Waals surface area contributed by atoms with E-state index >= 15 is 0 Å². The van der Waals surface area contributed by atoms with E-state index in [-0.39, 0.29) is 11.4 Å². The van der Waals surface area contributed by atoms with Gasteiger partial charge in [0.15, 0.2) is 0 Å². The molecule has 3 N–H and O–H groups in total. The van der Waals surface area contributed by atoms with Crippen LogP contribution in [0.15, 0.2) is 12.4 Å². The molecule has 0 atom stereocenters. The van der Waals surface area contributed by atoms with Gasteiger partial charge in [-0.25, -0.2) is 0 Å². The number of hydrogen-bond acceptors (Lipinski definition) is 4. The number of rotatable bonds is 5. The molecule has 1 aromatic heterocycles. The summed E-state index contributed by atoms with van der Waals surface area (Å²) in [6.07, 6.45) is 3.69. The standard InChI is InChI=1S/C9H17N5O/c1-9(2,10)7-11-8(15)3-5-14-6-4-12-13-14/h4,6H,3,5,7,10H2,1-2H3,(H,11,15). The van der Waals surface area contributed by atoms with Gasteiger partial charge in [-0.15, -0.1) is 5.10 Å². The molecule has 84 valence electrons. The van der Waals surface area contributed by atoms with Crippen LogP contribution in [0, 0.1) is 0 Å². The minimum Gasteiger partial charge on any atom is -0.354 e. The zero-order chi connectivity index (χ0) is 11.3. The van der Waals surface area contributed by atoms with Crippen LogP contribution in [0.2, 0.25) is 0 Å². The highest BCUT2D eigenvalue weighted by Gasteiger charge is 2.11. The summed E-state index contributed by atoms with van der Waals surface area (Å²) in [5, 5.41) is 10.2. The summed E-state index contributed by atoms with van der Waals surface area (Å²) in [5.74, 6) is -0.0241. The summed E-state index contributed by atoms with van der Waals surface area (Å²) in [6, 6.07) is 0. The number of hydrogen-bond donors (Lipinski definition) is 2. The van der Waals surface area contributed by atoms with Crippen molar-refractivity contribution in [2.75, 3.05) is 6.54 Å². The van der Waals surface area contributed by atoms with Crippen molar-refractivity contribution in [1.29, 1.82) is 0 Å². The van der Waals surface area contributed by atoms with E-state index in [1.54, 1.807) is 17.1 Å². The largest absolute Gasteiger partial charge is 0.354 e. The summed E-state index contributed by atoms with van der Waals surface area (Å²) < 4.78 is 1.62. The second kappa shape index (κ2) is 4.88. The third kappa shape index (κ3) is 5.11. The lowest BCUT2D eigenvalue weighted by atomic mass is 10.1. The second-order valence-electron chi connectivity index (χ2n) is 4.18. The number of carbonyl (C=O) groups is 1. The molecule has 0 aliphatic carbocycles. The number of nitrogens with zero attached hydrogens (tertiary/aromatic N) is 3. The first-order valence-electron chi connectivity index (χ1n) is 4.87. The van der Waals surface area contributed by atoms with Gasteiger partial charge in [-0.05, 0) is 13.8 Å². The molecule has 0 unspecified atom stereocenters. The van der Waals surface area contributed by atoms with Crippen LogP contribution in [0.5, 0.6) is 0 Å². The summed E-state index contributed by atoms with van der Waals surface area (Å²) in [5.41, 5.74) is 5.36. The SMILES string of the molecule is CC(C)(N)CNC(=O)CCn1ccnn1. The van der Waals surface area contributed by atoms with Crippen molar-refractivity contribution in [3.8, 4) is 0 Å². The Morgan fingerprint density at radius 2 is 2.33 bits per heavy atom. The van der Waals surface area contributed by atoms with Gasteiger partial charge in [0.25, 0.3) is 0 Å². The molecular weight excluding hydrogens is 194 g/mol. The molecule has 1 aromatic rings. The quantitative estimate of drug-likeness (QED) is 0.689. The van der Waals surface area contributed by atoms with Crippen LogP contribution in [0.25, 0.3) is 0 Å². The van der Waals surface area contributed by atoms with Crippen molar-refractivity contribution in [3.05, 3.63) is 12.4 Å². The number of nitrogens with one attached hydrogen (secondary N) is 1. The lowest BCUT2D eigenvalue weighted by Gasteiger charge is -2.18. The van der Waals surface area contributed by atoms with Crippen LogP contribution in [0.4, 0.5) is 0 Å². The third-order valence-electron chi connectivity index (χ3n) is 1.78. The Kier molecular flexibility index (Phi) is 3.79. The average molecular weight is 211 g/mol. The number of aromatic nitrogens is 3. The molecular formula is C9H17N5O. The fourth-order valence-electron chi connectivity index (χ4n) is 0.983. The highest BCUT2D eigenvalue weighted by Crippen LogP contribution is 1.94. The Balaban J connectivity index is 2.20. The predicted octanol–water partition coefficient (Wildman–Crippen LogP) is -0.478. The topological polar surface area (TPSA) is 85.8 Å². The van der Waals surface area contributed by atoms with Crippen molar-refractivity contribution in [2.24, 2.45) is 5.73 Å². The molecule has 0 fully saturated rings. The smallest absolute Gasteiger partial charge is 0.221 e. The van der Waals surface area contributed by atoms with Crippen molar-refractivity contribution >= 4 is 5.91 Å². The number of carbonyl (C=O) groups excluding carboxylic acids is 1. The van der Waals surface area contributed by atoms with Gasteiger partial charge in [0.05, 0.1) is 12.7 Å². The molecule has 0 aliphatic rings. The van der Waals surface area contributed by atoms with Gasteiger partial charge in [-0.2, -0.15) is 0 Å². The van der Waals surface area contributed by atoms with E-state index in [1.165, 1.54) is 0 Å². The Bertz CT molecular complexity index is 301. The second-order valence-corrected chi connectivity index (χ2v) is 4.18. The first-order chi connectivity index (χ1) is 6.97. The zero-order valence-electron chi connectivity index (χ0n) is 9.10. The van der Waals surface area contributed by atoms with E-state index in [9.17, 15) is 4.79 Å². The van der Waals surface area contributed by atoms with E-state index in [2.05, 4.69) is 15.6 Å². The molecule has 15 heavy (non-hydrogen) atoms. The fourth-order valence-corrected chi connectivity index (χ4v) is 0.983. The Labute approximate surface area is 88.8 Å². The first-order valence-corrected chi connectivity index (χ1v) is 4.87. The van der Waals surface area contributed by atoms with Crippen LogP contribution >= 0.6 is 0 Å². The monoisotopic (exact) mass is 211 g/mol. The van der Waals surface area contributed by atoms with Crippen LogP contribution in [-0.2, 0) is 11.3 Å². The molecule has 0 saturated carbocycles. The van der Waals surface area contributed by atoms with Crippen LogP contribution < -0.4 is 11.1 Å². The molecule has 1 amide bonds. The fraction of sp³-hybridized carbons (Fsp3) is 0.667. The molecule has 0 bridgehead atoms. The maximum atomic E-state index is 11.4. The average Bonchev–Trinajstić information content (AvgIpc) is 2.62. The van der Waals surface area contributed by atoms with E-state index < -0.39 is 0 Å². The third-order valence-corrected chi connectivity index (χ3v) is 1.78. The molecule has 0 aromatic carbocycles. The van der Waals surface area contributed by atoms with Gasteiger partial charge >= 0.3 is 0 Å². The van der Waals surface area contributed by atoms with Crippen LogP contribution in [0.1, 0.15) is 20.3 Å². The van der Waals surface area contributed by atoms with Gasteiger partial charge in [0.1, 0.15) is 0 Å². The lowest BCUT2D eigenvalue weighted by Crippen LogP contribution is -2.45. The number of nitrogens with two attached hydrogens (primary N) is 1. The van der Waals surface area contributed by atoms with E-state index in [4.69, 9.17) is 5.73 Å². The predicted molar refractivity (Wildman–Crippen MR) is 55.9 cm³/mol. The highest BCUT2D eigenvalue weighted by molar-refractivity contribution is 5.75. The molecule has 0 saturated heterocycles. The van der Waals surface area contributed by atoms with Crippen molar-refractivity contribution < 1.29 is 4.79 Å². The molecule has 6 heteroatoms. The van der Waals surface area contributed by atoms with Crippen molar-refractivity contribution in [3.63, 3.8) is 0 Å². The maximum Gasteiger partial charge on any atom is 0.221 e. The van der Waals surface area contributed by atoms with E-state index in [0.717, 1.165) is 0 Å². The maximum absolute atomic E-state index is 11.4. The summed E-state index contributed by atoms with van der Waals surface area (Å²) in [7, 11) is 0. The van der Waals surface area contributed by atoms with Gasteiger partial charge in [-0.1, -0.05) is 5.21 Å². The van der Waals surface area contributed by atoms with Crippen molar-refractivity contribution in [2.45, 2.75) is 32.4 Å². The van der Waals surface area contributed by atoms with Gasteiger partial charge in [0, 0.05) is 24.7 Å². The molecule has 1 rings (SSSR count). The number of aryl methyl sites for hydroxylation is 1. The molecule has 1 heterocycles. The lowest BCUT2D eigenvalue weighted by molar-refractivity contribution is -0.121. The summed E-state index contributed by atoms with van der Waals surface area (Å²) >= 11 is 0. The van der Waals surface area contributed by atoms with Gasteiger partial charge in [0.2, 0.25) is 5.91 Å². The van der Waals surface area contributed by atoms with E-state index in [0.29, 0.717) is 19.5 Å². The number of amides is 1. The minimum atomic E-state index is -0.372. The highest BCUT2D eigenvalue weighted by atomic mass is 16.1. The molecule has 0 spiro atoms. The van der Waals surface area contributed by atoms with Crippen LogP contribution in [-0.4, -0.2) is 33.0 Å².